The molecule has 0 aliphatic heterocycles. The molecule has 1 aromatic rings. The van der Waals surface area contributed by atoms with Gasteiger partial charge in [-0.25, -0.2) is 0 Å². The Hall–Kier alpha value is -1.84. The smallest absolute Gasteiger partial charge is 0.307 e. The second kappa shape index (κ2) is 5.99. The molecule has 2 N–H and O–H groups in total. The largest absolute Gasteiger partial charge is 0.481 e. The number of benzene rings is 1. The van der Waals surface area contributed by atoms with Gasteiger partial charge in [-0.2, -0.15) is 0 Å². The lowest BCUT2D eigenvalue weighted by Gasteiger charge is -2.28. The molecule has 2 aliphatic carbocycles. The summed E-state index contributed by atoms with van der Waals surface area (Å²) in [5.41, 5.74) is 3.50. The highest BCUT2D eigenvalue weighted by Gasteiger charge is 2.54. The molecule has 0 spiro atoms. The van der Waals surface area contributed by atoms with Crippen LogP contribution < -0.4 is 5.32 Å². The Bertz CT molecular complexity index is 640. The minimum Gasteiger partial charge on any atom is -0.481 e. The molecule has 2 fully saturated rings. The van der Waals surface area contributed by atoms with Gasteiger partial charge in [-0.05, 0) is 68.6 Å². The predicted octanol–water partition coefficient (Wildman–Crippen LogP) is 3.23. The van der Waals surface area contributed by atoms with Crippen molar-refractivity contribution in [3.05, 3.63) is 34.9 Å². The van der Waals surface area contributed by atoms with Gasteiger partial charge in [0.1, 0.15) is 0 Å². The number of amides is 1. The maximum Gasteiger partial charge on any atom is 0.307 e. The molecule has 3 rings (SSSR count). The van der Waals surface area contributed by atoms with E-state index in [-0.39, 0.29) is 29.7 Å². The predicted molar refractivity (Wildman–Crippen MR) is 87.9 cm³/mol. The molecule has 124 valence electrons. The number of hydrogen-bond donors (Lipinski definition) is 2. The van der Waals surface area contributed by atoms with E-state index < -0.39 is 11.9 Å². The van der Waals surface area contributed by atoms with Crippen molar-refractivity contribution < 1.29 is 14.7 Å². The van der Waals surface area contributed by atoms with Crippen LogP contribution in [0.3, 0.4) is 0 Å². The van der Waals surface area contributed by atoms with Crippen molar-refractivity contribution in [3.8, 4) is 0 Å². The third-order valence-electron chi connectivity index (χ3n) is 5.89. The van der Waals surface area contributed by atoms with Gasteiger partial charge < -0.3 is 10.4 Å². The van der Waals surface area contributed by atoms with Crippen molar-refractivity contribution >= 4 is 11.9 Å². The number of hydrogen-bond acceptors (Lipinski definition) is 2. The molecular weight excluding hydrogens is 290 g/mol. The number of carbonyl (C=O) groups excluding carboxylic acids is 1. The van der Waals surface area contributed by atoms with Crippen LogP contribution in [-0.2, 0) is 9.59 Å². The fourth-order valence-corrected chi connectivity index (χ4v) is 4.45. The molecule has 2 aliphatic rings. The fraction of sp³-hybridized carbons (Fsp3) is 0.579. The van der Waals surface area contributed by atoms with Crippen LogP contribution in [0.4, 0.5) is 0 Å². The van der Waals surface area contributed by atoms with Gasteiger partial charge in [0.25, 0.3) is 0 Å². The molecule has 2 saturated carbocycles. The summed E-state index contributed by atoms with van der Waals surface area (Å²) < 4.78 is 0. The third-order valence-corrected chi connectivity index (χ3v) is 5.89. The molecule has 0 radical (unpaired) electrons. The Morgan fingerprint density at radius 3 is 2.39 bits per heavy atom. The summed E-state index contributed by atoms with van der Waals surface area (Å²) in [5, 5.41) is 12.5. The molecule has 0 unspecified atom stereocenters. The standard InChI is InChI=1S/C19H25NO3/c1-10-4-5-13(8-11(10)2)12(3)20-18(21)16-14-6-7-15(9-14)17(16)19(22)23/h4-5,8,12,14-17H,6-7,9H2,1-3H3,(H,20,21)(H,22,23)/t12-,14+,15+,16+,17+/m1/s1. The topological polar surface area (TPSA) is 66.4 Å². The Balaban J connectivity index is 1.73. The molecule has 23 heavy (non-hydrogen) atoms. The van der Waals surface area contributed by atoms with Gasteiger partial charge >= 0.3 is 5.97 Å². The summed E-state index contributed by atoms with van der Waals surface area (Å²) in [7, 11) is 0. The maximum absolute atomic E-state index is 12.7. The third kappa shape index (κ3) is 2.87. The van der Waals surface area contributed by atoms with Crippen molar-refractivity contribution in [2.75, 3.05) is 0 Å². The molecule has 1 amide bonds. The average Bonchev–Trinajstić information content (AvgIpc) is 3.10. The lowest BCUT2D eigenvalue weighted by Crippen LogP contribution is -2.42. The summed E-state index contributed by atoms with van der Waals surface area (Å²) in [5.74, 6) is -1.33. The van der Waals surface area contributed by atoms with Gasteiger partial charge in [0.05, 0.1) is 17.9 Å². The van der Waals surface area contributed by atoms with Crippen molar-refractivity contribution in [3.63, 3.8) is 0 Å². The monoisotopic (exact) mass is 315 g/mol. The van der Waals surface area contributed by atoms with Crippen molar-refractivity contribution in [2.24, 2.45) is 23.7 Å². The van der Waals surface area contributed by atoms with Crippen LogP contribution in [0.15, 0.2) is 18.2 Å². The number of aryl methyl sites for hydroxylation is 2. The van der Waals surface area contributed by atoms with Gasteiger partial charge in [0.15, 0.2) is 0 Å². The number of carboxylic acids is 1. The summed E-state index contributed by atoms with van der Waals surface area (Å²) >= 11 is 0. The highest BCUT2D eigenvalue weighted by Crippen LogP contribution is 2.52. The number of nitrogens with one attached hydrogen (secondary N) is 1. The Kier molecular flexibility index (Phi) is 4.17. The average molecular weight is 315 g/mol. The highest BCUT2D eigenvalue weighted by atomic mass is 16.4. The van der Waals surface area contributed by atoms with Gasteiger partial charge in [-0.1, -0.05) is 18.2 Å². The summed E-state index contributed by atoms with van der Waals surface area (Å²) in [6, 6.07) is 6.08. The zero-order valence-electron chi connectivity index (χ0n) is 14.0. The fourth-order valence-electron chi connectivity index (χ4n) is 4.45. The molecule has 0 heterocycles. The van der Waals surface area contributed by atoms with Crippen molar-refractivity contribution in [2.45, 2.75) is 46.1 Å². The van der Waals surface area contributed by atoms with Crippen LogP contribution >= 0.6 is 0 Å². The molecule has 0 aromatic heterocycles. The van der Waals surface area contributed by atoms with Crippen LogP contribution in [0.5, 0.6) is 0 Å². The van der Waals surface area contributed by atoms with Gasteiger partial charge in [0.2, 0.25) is 5.91 Å². The summed E-state index contributed by atoms with van der Waals surface area (Å²) in [6.07, 6.45) is 2.84. The molecular formula is C19H25NO3. The summed E-state index contributed by atoms with van der Waals surface area (Å²) in [4.78, 5) is 24.3. The SMILES string of the molecule is Cc1ccc([C@@H](C)NC(=O)[C@H]2[C@H]3CC[C@@H](C3)[C@@H]2C(=O)O)cc1C. The maximum atomic E-state index is 12.7. The van der Waals surface area contributed by atoms with Crippen LogP contribution in [-0.4, -0.2) is 17.0 Å². The first-order chi connectivity index (χ1) is 10.9. The van der Waals surface area contributed by atoms with Crippen LogP contribution in [0, 0.1) is 37.5 Å². The highest BCUT2D eigenvalue weighted by molar-refractivity contribution is 5.86. The quantitative estimate of drug-likeness (QED) is 0.896. The van der Waals surface area contributed by atoms with E-state index in [2.05, 4.69) is 31.3 Å². The van der Waals surface area contributed by atoms with E-state index in [0.29, 0.717) is 0 Å². The van der Waals surface area contributed by atoms with Gasteiger partial charge in [-0.3, -0.25) is 9.59 Å². The first-order valence-electron chi connectivity index (χ1n) is 8.48. The van der Waals surface area contributed by atoms with E-state index in [9.17, 15) is 14.7 Å². The Morgan fingerprint density at radius 1 is 1.13 bits per heavy atom. The zero-order chi connectivity index (χ0) is 16.7. The van der Waals surface area contributed by atoms with Crippen molar-refractivity contribution in [1.29, 1.82) is 0 Å². The number of fused-ring (bicyclic) bond motifs is 2. The Morgan fingerprint density at radius 2 is 1.78 bits per heavy atom. The van der Waals surface area contributed by atoms with Crippen LogP contribution in [0.25, 0.3) is 0 Å². The van der Waals surface area contributed by atoms with E-state index in [1.54, 1.807) is 0 Å². The first-order valence-corrected chi connectivity index (χ1v) is 8.48. The van der Waals surface area contributed by atoms with E-state index in [1.807, 2.05) is 13.0 Å². The molecule has 2 bridgehead atoms. The second-order valence-corrected chi connectivity index (χ2v) is 7.30. The van der Waals surface area contributed by atoms with E-state index in [0.717, 1.165) is 24.8 Å². The normalized spacial score (nSPS) is 30.2. The van der Waals surface area contributed by atoms with Gasteiger partial charge in [-0.15, -0.1) is 0 Å². The molecule has 4 heteroatoms. The number of carbonyl (C=O) groups is 2. The molecule has 0 saturated heterocycles. The lowest BCUT2D eigenvalue weighted by atomic mass is 9.78. The minimum atomic E-state index is -0.809. The van der Waals surface area contributed by atoms with Gasteiger partial charge in [0, 0.05) is 0 Å². The lowest BCUT2D eigenvalue weighted by molar-refractivity contribution is -0.149. The summed E-state index contributed by atoms with van der Waals surface area (Å²) in [6.45, 7) is 6.09. The minimum absolute atomic E-state index is 0.0877. The number of carboxylic acid groups (broad SMARTS) is 1. The molecule has 1 aromatic carbocycles. The van der Waals surface area contributed by atoms with Crippen LogP contribution in [0.1, 0.15) is 48.9 Å². The molecule has 4 nitrogen and oxygen atoms in total. The Labute approximate surface area is 137 Å². The number of aliphatic carboxylic acids is 1. The van der Waals surface area contributed by atoms with Crippen molar-refractivity contribution in [1.82, 2.24) is 5.32 Å². The zero-order valence-corrected chi connectivity index (χ0v) is 14.0. The second-order valence-electron chi connectivity index (χ2n) is 7.30. The number of rotatable bonds is 4. The van der Waals surface area contributed by atoms with Crippen LogP contribution in [0.2, 0.25) is 0 Å². The van der Waals surface area contributed by atoms with E-state index in [4.69, 9.17) is 0 Å². The van der Waals surface area contributed by atoms with E-state index in [1.165, 1.54) is 11.1 Å². The van der Waals surface area contributed by atoms with E-state index >= 15 is 0 Å². The molecule has 5 atom stereocenters. The first kappa shape index (κ1) is 16.0.